The number of halogens is 1. The highest BCUT2D eigenvalue weighted by atomic mass is 35.5. The number of hydrogen-bond donors (Lipinski definition) is 0. The van der Waals surface area contributed by atoms with Gasteiger partial charge in [-0.25, -0.2) is 9.97 Å². The predicted octanol–water partition coefficient (Wildman–Crippen LogP) is 1.75. The molecule has 0 N–H and O–H groups in total. The van der Waals surface area contributed by atoms with Crippen molar-refractivity contribution in [3.8, 4) is 0 Å². The van der Waals surface area contributed by atoms with Crippen LogP contribution in [-0.2, 0) is 4.74 Å². The summed E-state index contributed by atoms with van der Waals surface area (Å²) in [4.78, 5) is 10.4. The van der Waals surface area contributed by atoms with Crippen LogP contribution in [0.1, 0.15) is 12.8 Å². The van der Waals surface area contributed by atoms with Crippen molar-refractivity contribution in [3.05, 3.63) is 17.5 Å². The Kier molecular flexibility index (Phi) is 2.48. The smallest absolute Gasteiger partial charge is 0.134 e. The Labute approximate surface area is 99.6 Å². The molecule has 16 heavy (non-hydrogen) atoms. The molecule has 3 heterocycles. The van der Waals surface area contributed by atoms with Crippen LogP contribution in [0.15, 0.2) is 12.4 Å². The number of piperidine rings is 1. The molecule has 1 aromatic rings. The van der Waals surface area contributed by atoms with Gasteiger partial charge in [0.25, 0.3) is 0 Å². The van der Waals surface area contributed by atoms with Gasteiger partial charge in [-0.15, -0.1) is 0 Å². The lowest BCUT2D eigenvalue weighted by Gasteiger charge is -2.47. The van der Waals surface area contributed by atoms with E-state index < -0.39 is 0 Å². The predicted molar refractivity (Wildman–Crippen MR) is 61.7 cm³/mol. The third kappa shape index (κ3) is 1.76. The fourth-order valence-electron chi connectivity index (χ4n) is 2.39. The van der Waals surface area contributed by atoms with Gasteiger partial charge in [0, 0.05) is 24.6 Å². The van der Waals surface area contributed by atoms with Gasteiger partial charge in [-0.2, -0.15) is 0 Å². The maximum atomic E-state index is 5.86. The third-order valence-corrected chi connectivity index (χ3v) is 3.79. The van der Waals surface area contributed by atoms with Gasteiger partial charge in [-0.1, -0.05) is 11.6 Å². The maximum Gasteiger partial charge on any atom is 0.134 e. The average molecular weight is 240 g/mol. The van der Waals surface area contributed by atoms with E-state index in [0.717, 1.165) is 32.1 Å². The van der Waals surface area contributed by atoms with E-state index in [-0.39, 0.29) is 0 Å². The minimum Gasteiger partial charge on any atom is -0.380 e. The summed E-state index contributed by atoms with van der Waals surface area (Å²) in [5, 5.41) is 0.511. The van der Waals surface area contributed by atoms with Crippen molar-refractivity contribution in [1.29, 1.82) is 0 Å². The molecule has 1 aromatic heterocycles. The second-order valence-corrected chi connectivity index (χ2v) is 5.07. The van der Waals surface area contributed by atoms with E-state index in [2.05, 4.69) is 14.9 Å². The van der Waals surface area contributed by atoms with Crippen molar-refractivity contribution in [2.24, 2.45) is 5.41 Å². The number of rotatable bonds is 1. The summed E-state index contributed by atoms with van der Waals surface area (Å²) in [6.07, 6.45) is 3.90. The second-order valence-electron chi connectivity index (χ2n) is 4.68. The van der Waals surface area contributed by atoms with Crippen molar-refractivity contribution in [2.45, 2.75) is 12.8 Å². The van der Waals surface area contributed by atoms with Gasteiger partial charge >= 0.3 is 0 Å². The van der Waals surface area contributed by atoms with Crippen LogP contribution in [0.4, 0.5) is 5.82 Å². The summed E-state index contributed by atoms with van der Waals surface area (Å²) in [6.45, 7) is 3.95. The van der Waals surface area contributed by atoms with Gasteiger partial charge in [-0.05, 0) is 12.8 Å². The fraction of sp³-hybridized carbons (Fsp3) is 0.636. The topological polar surface area (TPSA) is 38.2 Å². The van der Waals surface area contributed by atoms with Crippen molar-refractivity contribution in [1.82, 2.24) is 9.97 Å². The van der Waals surface area contributed by atoms with E-state index in [1.807, 2.05) is 6.07 Å². The van der Waals surface area contributed by atoms with Gasteiger partial charge in [0.05, 0.1) is 13.2 Å². The van der Waals surface area contributed by atoms with E-state index in [1.165, 1.54) is 19.2 Å². The molecule has 3 rings (SSSR count). The third-order valence-electron chi connectivity index (χ3n) is 3.58. The number of hydrogen-bond acceptors (Lipinski definition) is 4. The molecular weight excluding hydrogens is 226 g/mol. The Morgan fingerprint density at radius 2 is 2.00 bits per heavy atom. The van der Waals surface area contributed by atoms with Crippen LogP contribution < -0.4 is 4.90 Å². The van der Waals surface area contributed by atoms with Crippen LogP contribution in [0, 0.1) is 5.41 Å². The molecule has 0 unspecified atom stereocenters. The van der Waals surface area contributed by atoms with Gasteiger partial charge in [0.1, 0.15) is 17.3 Å². The van der Waals surface area contributed by atoms with Crippen LogP contribution in [0.5, 0.6) is 0 Å². The van der Waals surface area contributed by atoms with Crippen molar-refractivity contribution in [2.75, 3.05) is 31.2 Å². The van der Waals surface area contributed by atoms with E-state index in [1.54, 1.807) is 0 Å². The molecule has 0 saturated carbocycles. The molecule has 2 fully saturated rings. The Morgan fingerprint density at radius 1 is 1.25 bits per heavy atom. The molecule has 4 nitrogen and oxygen atoms in total. The first-order valence-electron chi connectivity index (χ1n) is 5.58. The van der Waals surface area contributed by atoms with Gasteiger partial charge < -0.3 is 9.64 Å². The average Bonchev–Trinajstić information content (AvgIpc) is 2.27. The minimum atomic E-state index is 0.466. The van der Waals surface area contributed by atoms with Crippen molar-refractivity contribution < 1.29 is 4.74 Å². The van der Waals surface area contributed by atoms with E-state index in [9.17, 15) is 0 Å². The largest absolute Gasteiger partial charge is 0.380 e. The highest BCUT2D eigenvalue weighted by Gasteiger charge is 2.41. The monoisotopic (exact) mass is 239 g/mol. The lowest BCUT2D eigenvalue weighted by Crippen LogP contribution is -2.51. The molecule has 0 atom stereocenters. The molecule has 0 radical (unpaired) electrons. The van der Waals surface area contributed by atoms with Crippen LogP contribution in [0.25, 0.3) is 0 Å². The molecular formula is C11H14ClN3O. The number of anilines is 1. The quantitative estimate of drug-likeness (QED) is 0.700. The molecule has 0 aromatic carbocycles. The summed E-state index contributed by atoms with van der Waals surface area (Å²) >= 11 is 5.86. The highest BCUT2D eigenvalue weighted by Crippen LogP contribution is 2.39. The van der Waals surface area contributed by atoms with E-state index in [4.69, 9.17) is 16.3 Å². The second kappa shape index (κ2) is 3.86. The number of nitrogens with zero attached hydrogens (tertiary/aromatic N) is 3. The fourth-order valence-corrected chi connectivity index (χ4v) is 2.53. The standard InChI is InChI=1S/C11H14ClN3O/c12-9-5-10(14-8-13-9)15-3-1-11(2-4-15)6-16-7-11/h5,8H,1-4,6-7H2. The zero-order valence-corrected chi connectivity index (χ0v) is 9.78. The molecule has 5 heteroatoms. The van der Waals surface area contributed by atoms with Crippen LogP contribution >= 0.6 is 11.6 Å². The van der Waals surface area contributed by atoms with Crippen LogP contribution in [0.3, 0.4) is 0 Å². The van der Waals surface area contributed by atoms with Gasteiger partial charge in [0.2, 0.25) is 0 Å². The molecule has 1 spiro atoms. The molecule has 2 saturated heterocycles. The zero-order valence-electron chi connectivity index (χ0n) is 9.03. The molecule has 0 aliphatic carbocycles. The minimum absolute atomic E-state index is 0.466. The van der Waals surface area contributed by atoms with Gasteiger partial charge in [0.15, 0.2) is 0 Å². The first-order valence-corrected chi connectivity index (χ1v) is 5.96. The summed E-state index contributed by atoms with van der Waals surface area (Å²) < 4.78 is 5.31. The molecule has 2 aliphatic rings. The molecule has 0 bridgehead atoms. The zero-order chi connectivity index (χ0) is 11.0. The maximum absolute atomic E-state index is 5.86. The Bertz CT molecular complexity index is 385. The van der Waals surface area contributed by atoms with Crippen molar-refractivity contribution in [3.63, 3.8) is 0 Å². The molecule has 0 amide bonds. The normalized spacial score (nSPS) is 23.2. The van der Waals surface area contributed by atoms with Gasteiger partial charge in [-0.3, -0.25) is 0 Å². The lowest BCUT2D eigenvalue weighted by molar-refractivity contribution is -0.124. The Balaban J connectivity index is 1.69. The summed E-state index contributed by atoms with van der Waals surface area (Å²) in [6, 6.07) is 1.83. The molecule has 2 aliphatic heterocycles. The van der Waals surface area contributed by atoms with E-state index >= 15 is 0 Å². The van der Waals surface area contributed by atoms with E-state index in [0.29, 0.717) is 10.6 Å². The first kappa shape index (κ1) is 10.3. The number of ether oxygens (including phenoxy) is 1. The lowest BCUT2D eigenvalue weighted by atomic mass is 9.77. The highest BCUT2D eigenvalue weighted by molar-refractivity contribution is 6.29. The Hall–Kier alpha value is -0.870. The number of aromatic nitrogens is 2. The Morgan fingerprint density at radius 3 is 2.56 bits per heavy atom. The van der Waals surface area contributed by atoms with Crippen molar-refractivity contribution >= 4 is 17.4 Å². The van der Waals surface area contributed by atoms with Crippen LogP contribution in [0.2, 0.25) is 5.15 Å². The summed E-state index contributed by atoms with van der Waals surface area (Å²) in [5.41, 5.74) is 0.466. The first-order chi connectivity index (χ1) is 7.77. The summed E-state index contributed by atoms with van der Waals surface area (Å²) in [5.74, 6) is 0.940. The molecule has 86 valence electrons. The summed E-state index contributed by atoms with van der Waals surface area (Å²) in [7, 11) is 0. The SMILES string of the molecule is Clc1cc(N2CCC3(CC2)COC3)ncn1. The van der Waals surface area contributed by atoms with Crippen LogP contribution in [-0.4, -0.2) is 36.3 Å².